The van der Waals surface area contributed by atoms with Gasteiger partial charge in [-0.2, -0.15) is 0 Å². The molecule has 1 N–H and O–H groups in total. The van der Waals surface area contributed by atoms with Crippen LogP contribution in [0.5, 0.6) is 5.75 Å². The zero-order valence-electron chi connectivity index (χ0n) is 9.40. The predicted octanol–water partition coefficient (Wildman–Crippen LogP) is 2.06. The van der Waals surface area contributed by atoms with E-state index in [1.54, 1.807) is 12.1 Å². The monoisotopic (exact) mass is 220 g/mol. The molecule has 2 rings (SSSR count). The number of carbonyl (C=O) groups is 1. The SMILES string of the molecule is CCOC(=O)CC1Cc2ccc(O)cc2C1. The van der Waals surface area contributed by atoms with Crippen LogP contribution in [0, 0.1) is 5.92 Å². The summed E-state index contributed by atoms with van der Waals surface area (Å²) in [5, 5.41) is 9.36. The predicted molar refractivity (Wildman–Crippen MR) is 60.3 cm³/mol. The molecule has 0 aromatic heterocycles. The summed E-state index contributed by atoms with van der Waals surface area (Å²) in [6.45, 7) is 2.26. The van der Waals surface area contributed by atoms with Crippen LogP contribution in [-0.2, 0) is 22.4 Å². The Morgan fingerprint density at radius 2 is 2.19 bits per heavy atom. The molecule has 3 heteroatoms. The van der Waals surface area contributed by atoms with Gasteiger partial charge in [0.05, 0.1) is 6.61 Å². The summed E-state index contributed by atoms with van der Waals surface area (Å²) >= 11 is 0. The number of rotatable bonds is 3. The molecule has 0 heterocycles. The number of fused-ring (bicyclic) bond motifs is 1. The van der Waals surface area contributed by atoms with Crippen LogP contribution in [0.2, 0.25) is 0 Å². The minimum Gasteiger partial charge on any atom is -0.508 e. The lowest BCUT2D eigenvalue weighted by Gasteiger charge is -2.07. The standard InChI is InChI=1S/C13H16O3/c1-2-16-13(15)7-9-5-10-3-4-12(14)8-11(10)6-9/h3-4,8-9,14H,2,5-7H2,1H3. The summed E-state index contributed by atoms with van der Waals surface area (Å²) in [7, 11) is 0. The Labute approximate surface area is 95.0 Å². The van der Waals surface area contributed by atoms with Crippen LogP contribution in [0.15, 0.2) is 18.2 Å². The number of aromatic hydroxyl groups is 1. The molecule has 0 radical (unpaired) electrons. The van der Waals surface area contributed by atoms with Gasteiger partial charge in [-0.05, 0) is 48.9 Å². The average molecular weight is 220 g/mol. The molecule has 0 saturated carbocycles. The van der Waals surface area contributed by atoms with Gasteiger partial charge in [0.15, 0.2) is 0 Å². The molecule has 1 aromatic carbocycles. The third kappa shape index (κ3) is 2.35. The number of phenols is 1. The Morgan fingerprint density at radius 3 is 2.94 bits per heavy atom. The smallest absolute Gasteiger partial charge is 0.306 e. The maximum atomic E-state index is 11.3. The fourth-order valence-electron chi connectivity index (χ4n) is 2.30. The lowest BCUT2D eigenvalue weighted by atomic mass is 10.0. The number of hydrogen-bond acceptors (Lipinski definition) is 3. The fraction of sp³-hybridized carbons (Fsp3) is 0.462. The van der Waals surface area contributed by atoms with Crippen LogP contribution < -0.4 is 0 Å². The highest BCUT2D eigenvalue weighted by Crippen LogP contribution is 2.31. The summed E-state index contributed by atoms with van der Waals surface area (Å²) in [5.41, 5.74) is 2.40. The lowest BCUT2D eigenvalue weighted by Crippen LogP contribution is -2.11. The van der Waals surface area contributed by atoms with Crippen molar-refractivity contribution in [1.82, 2.24) is 0 Å². The van der Waals surface area contributed by atoms with Gasteiger partial charge < -0.3 is 9.84 Å². The number of carbonyl (C=O) groups excluding carboxylic acids is 1. The Kier molecular flexibility index (Phi) is 3.13. The first-order valence-electron chi connectivity index (χ1n) is 5.65. The maximum Gasteiger partial charge on any atom is 0.306 e. The largest absolute Gasteiger partial charge is 0.508 e. The lowest BCUT2D eigenvalue weighted by molar-refractivity contribution is -0.144. The summed E-state index contributed by atoms with van der Waals surface area (Å²) < 4.78 is 4.94. The molecule has 0 saturated heterocycles. The maximum absolute atomic E-state index is 11.3. The van der Waals surface area contributed by atoms with Gasteiger partial charge in [0, 0.05) is 6.42 Å². The van der Waals surface area contributed by atoms with Crippen molar-refractivity contribution in [3.8, 4) is 5.75 Å². The number of benzene rings is 1. The molecule has 1 aliphatic carbocycles. The Bertz CT molecular complexity index is 398. The minimum atomic E-state index is -0.121. The normalized spacial score (nSPS) is 18.2. The quantitative estimate of drug-likeness (QED) is 0.793. The van der Waals surface area contributed by atoms with Gasteiger partial charge in [-0.15, -0.1) is 0 Å². The Balaban J connectivity index is 1.97. The van der Waals surface area contributed by atoms with E-state index >= 15 is 0 Å². The zero-order chi connectivity index (χ0) is 11.5. The van der Waals surface area contributed by atoms with Crippen LogP contribution in [0.1, 0.15) is 24.5 Å². The molecule has 1 unspecified atom stereocenters. The topological polar surface area (TPSA) is 46.5 Å². The van der Waals surface area contributed by atoms with Gasteiger partial charge in [0.2, 0.25) is 0 Å². The van der Waals surface area contributed by atoms with E-state index in [9.17, 15) is 9.90 Å². The zero-order valence-corrected chi connectivity index (χ0v) is 9.40. The summed E-state index contributed by atoms with van der Waals surface area (Å²) in [6.07, 6.45) is 2.25. The number of phenolic OH excluding ortho intramolecular Hbond substituents is 1. The molecule has 3 nitrogen and oxygen atoms in total. The third-order valence-electron chi connectivity index (χ3n) is 2.97. The van der Waals surface area contributed by atoms with Crippen molar-refractivity contribution in [2.24, 2.45) is 5.92 Å². The molecule has 0 spiro atoms. The molecule has 0 bridgehead atoms. The third-order valence-corrected chi connectivity index (χ3v) is 2.97. The highest BCUT2D eigenvalue weighted by Gasteiger charge is 2.24. The first kappa shape index (κ1) is 11.0. The Morgan fingerprint density at radius 1 is 1.44 bits per heavy atom. The molecular weight excluding hydrogens is 204 g/mol. The van der Waals surface area contributed by atoms with Gasteiger partial charge >= 0.3 is 5.97 Å². The van der Waals surface area contributed by atoms with Crippen molar-refractivity contribution in [3.63, 3.8) is 0 Å². The summed E-state index contributed by atoms with van der Waals surface area (Å²) in [4.78, 5) is 11.3. The number of ether oxygens (including phenoxy) is 1. The highest BCUT2D eigenvalue weighted by molar-refractivity contribution is 5.70. The molecule has 1 aromatic rings. The molecule has 0 aliphatic heterocycles. The van der Waals surface area contributed by atoms with E-state index in [0.29, 0.717) is 24.7 Å². The van der Waals surface area contributed by atoms with E-state index in [1.807, 2.05) is 13.0 Å². The van der Waals surface area contributed by atoms with E-state index in [2.05, 4.69) is 0 Å². The second kappa shape index (κ2) is 4.56. The molecule has 1 atom stereocenters. The minimum absolute atomic E-state index is 0.121. The second-order valence-electron chi connectivity index (χ2n) is 4.24. The molecule has 86 valence electrons. The van der Waals surface area contributed by atoms with E-state index in [-0.39, 0.29) is 5.97 Å². The molecule has 0 fully saturated rings. The number of hydrogen-bond donors (Lipinski definition) is 1. The molecule has 16 heavy (non-hydrogen) atoms. The highest BCUT2D eigenvalue weighted by atomic mass is 16.5. The van der Waals surface area contributed by atoms with Crippen molar-refractivity contribution in [2.75, 3.05) is 6.61 Å². The van der Waals surface area contributed by atoms with Crippen LogP contribution in [0.25, 0.3) is 0 Å². The Hall–Kier alpha value is -1.51. The summed E-state index contributed by atoms with van der Waals surface area (Å²) in [5.74, 6) is 0.510. The van der Waals surface area contributed by atoms with Crippen molar-refractivity contribution in [3.05, 3.63) is 29.3 Å². The summed E-state index contributed by atoms with van der Waals surface area (Å²) in [6, 6.07) is 5.43. The molecular formula is C13H16O3. The van der Waals surface area contributed by atoms with Gasteiger partial charge in [-0.3, -0.25) is 4.79 Å². The van der Waals surface area contributed by atoms with E-state index in [1.165, 1.54) is 5.56 Å². The van der Waals surface area contributed by atoms with Gasteiger partial charge in [0.1, 0.15) is 5.75 Å². The van der Waals surface area contributed by atoms with Crippen molar-refractivity contribution >= 4 is 5.97 Å². The van der Waals surface area contributed by atoms with Gasteiger partial charge in [0.25, 0.3) is 0 Å². The number of esters is 1. The van der Waals surface area contributed by atoms with Crippen molar-refractivity contribution < 1.29 is 14.6 Å². The molecule has 1 aliphatic rings. The van der Waals surface area contributed by atoms with Crippen LogP contribution in [0.3, 0.4) is 0 Å². The first-order valence-corrected chi connectivity index (χ1v) is 5.65. The van der Waals surface area contributed by atoms with E-state index in [0.717, 1.165) is 18.4 Å². The van der Waals surface area contributed by atoms with Crippen LogP contribution in [-0.4, -0.2) is 17.7 Å². The van der Waals surface area contributed by atoms with Gasteiger partial charge in [-0.25, -0.2) is 0 Å². The average Bonchev–Trinajstić information content (AvgIpc) is 2.59. The van der Waals surface area contributed by atoms with Crippen molar-refractivity contribution in [2.45, 2.75) is 26.2 Å². The first-order chi connectivity index (χ1) is 7.69. The van der Waals surface area contributed by atoms with E-state index in [4.69, 9.17) is 4.74 Å². The van der Waals surface area contributed by atoms with Crippen LogP contribution >= 0.6 is 0 Å². The van der Waals surface area contributed by atoms with Crippen molar-refractivity contribution in [1.29, 1.82) is 0 Å². The fourth-order valence-corrected chi connectivity index (χ4v) is 2.30. The van der Waals surface area contributed by atoms with Gasteiger partial charge in [-0.1, -0.05) is 6.07 Å². The van der Waals surface area contributed by atoms with Crippen LogP contribution in [0.4, 0.5) is 0 Å². The molecule has 0 amide bonds. The second-order valence-corrected chi connectivity index (χ2v) is 4.24. The van der Waals surface area contributed by atoms with E-state index < -0.39 is 0 Å².